The van der Waals surface area contributed by atoms with E-state index in [0.29, 0.717) is 0 Å². The molecule has 0 atom stereocenters. The van der Waals surface area contributed by atoms with Gasteiger partial charge in [0.25, 0.3) is 0 Å². The molecule has 0 unspecified atom stereocenters. The normalized spacial score (nSPS) is 5.14. The first-order chi connectivity index (χ1) is 5.20. The van der Waals surface area contributed by atoms with Gasteiger partial charge in [0.15, 0.2) is 0 Å². The van der Waals surface area contributed by atoms with E-state index in [2.05, 4.69) is 0 Å². The van der Waals surface area contributed by atoms with Crippen LogP contribution in [0.3, 0.4) is 0 Å². The van der Waals surface area contributed by atoms with Crippen molar-refractivity contribution in [3.05, 3.63) is 46.0 Å². The average molecular weight is 418 g/mol. The second-order valence-corrected chi connectivity index (χ2v) is 0.671. The molecule has 0 saturated carbocycles. The Labute approximate surface area is 96.4 Å². The second-order valence-electron chi connectivity index (χ2n) is 0.671. The smallest absolute Gasteiger partial charge is 0.0689 e. The molecule has 0 fully saturated rings. The molecule has 0 aliphatic carbocycles. The van der Waals surface area contributed by atoms with Crippen LogP contribution in [-0.2, 0) is 22.4 Å². The summed E-state index contributed by atoms with van der Waals surface area (Å²) in [6.07, 6.45) is 0. The fraction of sp³-hybridized carbons (Fsp3) is 0. The van der Waals surface area contributed by atoms with Crippen molar-refractivity contribution in [2.75, 3.05) is 0 Å². The Balaban J connectivity index is -0.0000000270. The summed E-state index contributed by atoms with van der Waals surface area (Å²) in [7, 11) is 0. The summed E-state index contributed by atoms with van der Waals surface area (Å²) < 4.78 is 0. The molecule has 14 heteroatoms. The zero-order valence-corrected chi connectivity index (χ0v) is 8.62. The SMILES string of the molecule is O=[N+]([O-])[O-].O=[N+]([O-])[O-].O=[N+]([O-])[O-].[Au].[Cl-]. The van der Waals surface area contributed by atoms with Gasteiger partial charge in [-0.05, 0) is 0 Å². The van der Waals surface area contributed by atoms with Crippen molar-refractivity contribution in [1.29, 1.82) is 0 Å². The van der Waals surface area contributed by atoms with Crippen molar-refractivity contribution < 1.29 is 50.0 Å². The summed E-state index contributed by atoms with van der Waals surface area (Å²) in [5.41, 5.74) is 0. The summed E-state index contributed by atoms with van der Waals surface area (Å²) in [6, 6.07) is 0. The molecular formula is AuClN3O9-4. The molecule has 0 heterocycles. The van der Waals surface area contributed by atoms with Crippen LogP contribution in [0.5, 0.6) is 0 Å². The molecule has 14 heavy (non-hydrogen) atoms. The van der Waals surface area contributed by atoms with Crippen LogP contribution in [-0.4, -0.2) is 15.3 Å². The van der Waals surface area contributed by atoms with Gasteiger partial charge in [-0.2, -0.15) is 0 Å². The monoisotopic (exact) mass is 418 g/mol. The summed E-state index contributed by atoms with van der Waals surface area (Å²) >= 11 is 0. The van der Waals surface area contributed by atoms with E-state index in [4.69, 9.17) is 46.0 Å². The molecule has 91 valence electrons. The third kappa shape index (κ3) is 525. The summed E-state index contributed by atoms with van der Waals surface area (Å²) in [4.78, 5) is 24.8. The number of rotatable bonds is 0. The van der Waals surface area contributed by atoms with Crippen molar-refractivity contribution in [2.45, 2.75) is 0 Å². The van der Waals surface area contributed by atoms with Crippen LogP contribution >= 0.6 is 0 Å². The Morgan fingerprint density at radius 2 is 0.571 bits per heavy atom. The first kappa shape index (κ1) is 29.3. The minimum Gasteiger partial charge on any atom is -1.00 e. The predicted octanol–water partition coefficient (Wildman–Crippen LogP) is -3.72. The van der Waals surface area contributed by atoms with E-state index in [1.165, 1.54) is 0 Å². The summed E-state index contributed by atoms with van der Waals surface area (Å²) in [6.45, 7) is 0. The van der Waals surface area contributed by atoms with Crippen LogP contribution in [0.25, 0.3) is 0 Å². The van der Waals surface area contributed by atoms with Gasteiger partial charge in [0.2, 0.25) is 0 Å². The van der Waals surface area contributed by atoms with E-state index in [0.717, 1.165) is 0 Å². The van der Waals surface area contributed by atoms with E-state index < -0.39 is 15.3 Å². The zero-order chi connectivity index (χ0) is 10.7. The van der Waals surface area contributed by atoms with Crippen molar-refractivity contribution in [2.24, 2.45) is 0 Å². The summed E-state index contributed by atoms with van der Waals surface area (Å²) in [5.74, 6) is 0. The molecule has 1 radical (unpaired) electrons. The van der Waals surface area contributed by atoms with E-state index in [1.807, 2.05) is 0 Å². The number of hydrogen-bond donors (Lipinski definition) is 0. The maximum atomic E-state index is 8.25. The van der Waals surface area contributed by atoms with Gasteiger partial charge in [0.1, 0.15) is 0 Å². The van der Waals surface area contributed by atoms with Crippen LogP contribution in [0.1, 0.15) is 0 Å². The minimum absolute atomic E-state index is 0. The molecule has 0 aromatic rings. The fourth-order valence-corrected chi connectivity index (χ4v) is 0. The van der Waals surface area contributed by atoms with Crippen molar-refractivity contribution in [3.8, 4) is 0 Å². The van der Waals surface area contributed by atoms with Crippen LogP contribution < -0.4 is 12.4 Å². The van der Waals surface area contributed by atoms with Crippen molar-refractivity contribution in [1.82, 2.24) is 0 Å². The van der Waals surface area contributed by atoms with E-state index in [9.17, 15) is 0 Å². The molecule has 0 amide bonds. The summed E-state index contributed by atoms with van der Waals surface area (Å²) in [5, 5.41) is 44.2. The molecule has 0 rings (SSSR count). The molecule has 0 aliphatic heterocycles. The second kappa shape index (κ2) is 22.6. The molecule has 0 spiro atoms. The molecule has 12 nitrogen and oxygen atoms in total. The number of hydrogen-bond acceptors (Lipinski definition) is 9. The maximum Gasteiger partial charge on any atom is 0.0689 e. The van der Waals surface area contributed by atoms with Crippen molar-refractivity contribution in [3.63, 3.8) is 0 Å². The molecule has 0 aromatic carbocycles. The Kier molecular flexibility index (Phi) is 47.3. The van der Waals surface area contributed by atoms with Gasteiger partial charge < -0.3 is 58.4 Å². The van der Waals surface area contributed by atoms with Crippen molar-refractivity contribution >= 4 is 0 Å². The standard InChI is InChI=1S/Au.ClH.3NO3/c;;3*2-1(3)4/h;1H;;;/q;;3*-1/p-1. The Morgan fingerprint density at radius 1 is 0.571 bits per heavy atom. The zero-order valence-electron chi connectivity index (χ0n) is 5.70. The molecule has 0 saturated heterocycles. The van der Waals surface area contributed by atoms with E-state index in [1.54, 1.807) is 0 Å². The Morgan fingerprint density at radius 3 is 0.571 bits per heavy atom. The van der Waals surface area contributed by atoms with E-state index >= 15 is 0 Å². The molecule has 0 N–H and O–H groups in total. The van der Waals surface area contributed by atoms with Crippen LogP contribution in [0.15, 0.2) is 0 Å². The van der Waals surface area contributed by atoms with Gasteiger partial charge in [-0.15, -0.1) is 0 Å². The molecular weight excluding hydrogens is 418 g/mol. The third-order valence-electron chi connectivity index (χ3n) is 0. The maximum absolute atomic E-state index is 8.25. The van der Waals surface area contributed by atoms with Gasteiger partial charge in [-0.25, -0.2) is 0 Å². The average Bonchev–Trinajstić information content (AvgIpc) is 1.54. The third-order valence-corrected chi connectivity index (χ3v) is 0. The quantitative estimate of drug-likeness (QED) is 0.215. The van der Waals surface area contributed by atoms with Crippen LogP contribution in [0.2, 0.25) is 0 Å². The largest absolute Gasteiger partial charge is 1.00 e. The fourth-order valence-electron chi connectivity index (χ4n) is 0. The molecule has 0 aromatic heterocycles. The van der Waals surface area contributed by atoms with Gasteiger partial charge in [0, 0.05) is 22.4 Å². The number of nitrogens with zero attached hydrogens (tertiary/aromatic N) is 3. The number of halogens is 1. The Hall–Kier alpha value is -1.37. The molecule has 0 bridgehead atoms. The van der Waals surface area contributed by atoms with Crippen LogP contribution in [0.4, 0.5) is 0 Å². The van der Waals surface area contributed by atoms with Crippen LogP contribution in [0, 0.1) is 46.0 Å². The molecule has 0 aliphatic rings. The minimum atomic E-state index is -1.75. The van der Waals surface area contributed by atoms with Gasteiger partial charge >= 0.3 is 0 Å². The first-order valence-electron chi connectivity index (χ1n) is 1.64. The predicted molar refractivity (Wildman–Crippen MR) is 31.1 cm³/mol. The van der Waals surface area contributed by atoms with Gasteiger partial charge in [-0.3, -0.25) is 0 Å². The van der Waals surface area contributed by atoms with Gasteiger partial charge in [0.05, 0.1) is 15.3 Å². The topological polar surface area (TPSA) is 199 Å². The van der Waals surface area contributed by atoms with Gasteiger partial charge in [-0.1, -0.05) is 0 Å². The Bertz CT molecular complexity index is 118. The van der Waals surface area contributed by atoms with E-state index in [-0.39, 0.29) is 34.8 Å². The first-order valence-corrected chi connectivity index (χ1v) is 1.64.